The summed E-state index contributed by atoms with van der Waals surface area (Å²) in [6.07, 6.45) is 0. The van der Waals surface area contributed by atoms with Gasteiger partial charge in [0.1, 0.15) is 5.75 Å². The smallest absolute Gasteiger partial charge is 0.233 e. The number of hydrogen-bond donors (Lipinski definition) is 2. The van der Waals surface area contributed by atoms with Crippen molar-refractivity contribution in [3.63, 3.8) is 0 Å². The highest BCUT2D eigenvalue weighted by Gasteiger charge is 2.15. The highest BCUT2D eigenvalue weighted by atomic mass is 16.5. The average molecular weight is 302 g/mol. The fourth-order valence-corrected chi connectivity index (χ4v) is 2.14. The van der Waals surface area contributed by atoms with Crippen LogP contribution < -0.4 is 20.7 Å². The number of nitrogens with one attached hydrogen (secondary N) is 1. The van der Waals surface area contributed by atoms with Crippen molar-refractivity contribution in [2.24, 2.45) is 0 Å². The molecular weight excluding hydrogens is 284 g/mol. The molecule has 116 valence electrons. The van der Waals surface area contributed by atoms with Crippen molar-refractivity contribution in [3.05, 3.63) is 24.3 Å². The summed E-state index contributed by atoms with van der Waals surface area (Å²) in [5.74, 6) is 1.95. The predicted octanol–water partition coefficient (Wildman–Crippen LogP) is 1.04. The summed E-state index contributed by atoms with van der Waals surface area (Å²) in [5.41, 5.74) is 6.63. The Morgan fingerprint density at radius 3 is 2.55 bits per heavy atom. The number of morpholine rings is 1. The molecule has 0 amide bonds. The molecule has 22 heavy (non-hydrogen) atoms. The van der Waals surface area contributed by atoms with Crippen molar-refractivity contribution in [2.75, 3.05) is 49.4 Å². The maximum atomic E-state index is 5.79. The Bertz CT molecular complexity index is 628. The Hall–Kier alpha value is -2.61. The van der Waals surface area contributed by atoms with Crippen LogP contribution in [0.3, 0.4) is 0 Å². The lowest BCUT2D eigenvalue weighted by Crippen LogP contribution is -2.37. The van der Waals surface area contributed by atoms with E-state index in [2.05, 4.69) is 20.3 Å². The molecule has 1 aromatic heterocycles. The van der Waals surface area contributed by atoms with Gasteiger partial charge in [0.05, 0.1) is 20.3 Å². The minimum absolute atomic E-state index is 0.188. The maximum Gasteiger partial charge on any atom is 0.233 e. The van der Waals surface area contributed by atoms with Crippen molar-refractivity contribution in [3.8, 4) is 5.75 Å². The lowest BCUT2D eigenvalue weighted by Gasteiger charge is -2.26. The summed E-state index contributed by atoms with van der Waals surface area (Å²) in [6.45, 7) is 2.80. The molecule has 3 rings (SSSR count). The van der Waals surface area contributed by atoms with Crippen LogP contribution in [0, 0.1) is 0 Å². The van der Waals surface area contributed by atoms with Gasteiger partial charge in [0, 0.05) is 18.8 Å². The Balaban J connectivity index is 1.79. The number of anilines is 4. The zero-order valence-corrected chi connectivity index (χ0v) is 12.3. The lowest BCUT2D eigenvalue weighted by molar-refractivity contribution is 0.122. The van der Waals surface area contributed by atoms with E-state index in [-0.39, 0.29) is 5.95 Å². The Kier molecular flexibility index (Phi) is 4.19. The van der Waals surface area contributed by atoms with E-state index in [9.17, 15) is 0 Å². The average Bonchev–Trinajstić information content (AvgIpc) is 2.56. The van der Waals surface area contributed by atoms with E-state index in [0.717, 1.165) is 24.5 Å². The molecular formula is C14H18N6O2. The third kappa shape index (κ3) is 3.34. The summed E-state index contributed by atoms with van der Waals surface area (Å²) in [6, 6.07) is 7.48. The molecule has 1 aliphatic heterocycles. The molecule has 1 aliphatic rings. The standard InChI is InChI=1S/C14H18N6O2/c1-21-11-4-2-10(3-5-11)16-13-17-12(15)18-14(19-13)20-6-8-22-9-7-20/h2-5H,6-9H2,1H3,(H3,15,16,17,18,19). The van der Waals surface area contributed by atoms with Crippen molar-refractivity contribution in [1.29, 1.82) is 0 Å². The van der Waals surface area contributed by atoms with Crippen LogP contribution in [0.1, 0.15) is 0 Å². The largest absolute Gasteiger partial charge is 0.497 e. The summed E-state index contributed by atoms with van der Waals surface area (Å²) in [7, 11) is 1.63. The summed E-state index contributed by atoms with van der Waals surface area (Å²) in [4.78, 5) is 14.8. The number of nitrogens with zero attached hydrogens (tertiary/aromatic N) is 4. The first kappa shape index (κ1) is 14.3. The van der Waals surface area contributed by atoms with E-state index < -0.39 is 0 Å². The SMILES string of the molecule is COc1ccc(Nc2nc(N)nc(N3CCOCC3)n2)cc1. The number of benzene rings is 1. The third-order valence-corrected chi connectivity index (χ3v) is 3.28. The van der Waals surface area contributed by atoms with Gasteiger partial charge in [0.25, 0.3) is 0 Å². The second kappa shape index (κ2) is 6.44. The van der Waals surface area contributed by atoms with Crippen LogP contribution in [0.15, 0.2) is 24.3 Å². The van der Waals surface area contributed by atoms with Crippen LogP contribution in [-0.4, -0.2) is 48.4 Å². The molecule has 2 heterocycles. The van der Waals surface area contributed by atoms with Crippen molar-refractivity contribution in [2.45, 2.75) is 0 Å². The fraction of sp³-hybridized carbons (Fsp3) is 0.357. The first-order valence-corrected chi connectivity index (χ1v) is 7.00. The second-order valence-corrected chi connectivity index (χ2v) is 4.77. The fourth-order valence-electron chi connectivity index (χ4n) is 2.14. The molecule has 2 aromatic rings. The molecule has 0 aliphatic carbocycles. The number of hydrogen-bond acceptors (Lipinski definition) is 8. The van der Waals surface area contributed by atoms with Gasteiger partial charge in [-0.2, -0.15) is 15.0 Å². The van der Waals surface area contributed by atoms with Gasteiger partial charge < -0.3 is 25.4 Å². The predicted molar refractivity (Wildman–Crippen MR) is 83.5 cm³/mol. The molecule has 0 bridgehead atoms. The van der Waals surface area contributed by atoms with E-state index >= 15 is 0 Å². The quantitative estimate of drug-likeness (QED) is 0.864. The molecule has 0 atom stereocenters. The molecule has 0 radical (unpaired) electrons. The van der Waals surface area contributed by atoms with Crippen LogP contribution in [0.2, 0.25) is 0 Å². The van der Waals surface area contributed by atoms with Gasteiger partial charge in [-0.1, -0.05) is 0 Å². The van der Waals surface area contributed by atoms with E-state index in [1.807, 2.05) is 29.2 Å². The van der Waals surface area contributed by atoms with Crippen LogP contribution in [0.5, 0.6) is 5.75 Å². The van der Waals surface area contributed by atoms with Gasteiger partial charge in [-0.05, 0) is 24.3 Å². The van der Waals surface area contributed by atoms with Gasteiger partial charge >= 0.3 is 0 Å². The first-order valence-electron chi connectivity index (χ1n) is 7.00. The Labute approximate surface area is 128 Å². The van der Waals surface area contributed by atoms with Crippen molar-refractivity contribution in [1.82, 2.24) is 15.0 Å². The van der Waals surface area contributed by atoms with E-state index in [1.165, 1.54) is 0 Å². The van der Waals surface area contributed by atoms with Gasteiger partial charge in [0.2, 0.25) is 17.8 Å². The molecule has 1 saturated heterocycles. The van der Waals surface area contributed by atoms with Gasteiger partial charge in [-0.3, -0.25) is 0 Å². The normalized spacial score (nSPS) is 14.7. The van der Waals surface area contributed by atoms with Crippen LogP contribution in [-0.2, 0) is 4.74 Å². The van der Waals surface area contributed by atoms with Gasteiger partial charge in [-0.25, -0.2) is 0 Å². The zero-order valence-electron chi connectivity index (χ0n) is 12.3. The first-order chi connectivity index (χ1) is 10.7. The Morgan fingerprint density at radius 2 is 1.86 bits per heavy atom. The van der Waals surface area contributed by atoms with Crippen LogP contribution >= 0.6 is 0 Å². The van der Waals surface area contributed by atoms with Crippen molar-refractivity contribution >= 4 is 23.5 Å². The van der Waals surface area contributed by atoms with E-state index in [0.29, 0.717) is 25.1 Å². The highest BCUT2D eigenvalue weighted by Crippen LogP contribution is 2.20. The number of nitrogens with two attached hydrogens (primary N) is 1. The number of methoxy groups -OCH3 is 1. The number of aromatic nitrogens is 3. The molecule has 0 unspecified atom stereocenters. The zero-order chi connectivity index (χ0) is 15.4. The van der Waals surface area contributed by atoms with Crippen LogP contribution in [0.25, 0.3) is 0 Å². The molecule has 3 N–H and O–H groups in total. The summed E-state index contributed by atoms with van der Waals surface area (Å²) in [5, 5.41) is 3.12. The second-order valence-electron chi connectivity index (χ2n) is 4.77. The topological polar surface area (TPSA) is 98.4 Å². The molecule has 1 aromatic carbocycles. The number of rotatable bonds is 4. The Morgan fingerprint density at radius 1 is 1.14 bits per heavy atom. The maximum absolute atomic E-state index is 5.79. The summed E-state index contributed by atoms with van der Waals surface area (Å²) < 4.78 is 10.5. The molecule has 1 fully saturated rings. The third-order valence-electron chi connectivity index (χ3n) is 3.28. The van der Waals surface area contributed by atoms with E-state index in [1.54, 1.807) is 7.11 Å². The molecule has 0 saturated carbocycles. The minimum Gasteiger partial charge on any atom is -0.497 e. The minimum atomic E-state index is 0.188. The van der Waals surface area contributed by atoms with E-state index in [4.69, 9.17) is 15.2 Å². The number of nitrogen functional groups attached to an aromatic ring is 1. The van der Waals surface area contributed by atoms with Gasteiger partial charge in [0.15, 0.2) is 0 Å². The summed E-state index contributed by atoms with van der Waals surface area (Å²) >= 11 is 0. The van der Waals surface area contributed by atoms with Crippen LogP contribution in [0.4, 0.5) is 23.5 Å². The molecule has 8 heteroatoms. The molecule has 8 nitrogen and oxygen atoms in total. The number of ether oxygens (including phenoxy) is 2. The van der Waals surface area contributed by atoms with Gasteiger partial charge in [-0.15, -0.1) is 0 Å². The highest BCUT2D eigenvalue weighted by molar-refractivity contribution is 5.56. The van der Waals surface area contributed by atoms with Crippen molar-refractivity contribution < 1.29 is 9.47 Å². The monoisotopic (exact) mass is 302 g/mol. The molecule has 0 spiro atoms. The lowest BCUT2D eigenvalue weighted by atomic mass is 10.3.